The van der Waals surface area contributed by atoms with Gasteiger partial charge in [0, 0.05) is 18.1 Å². The van der Waals surface area contributed by atoms with E-state index in [0.29, 0.717) is 5.56 Å². The first-order valence-electron chi connectivity index (χ1n) is 6.91. The van der Waals surface area contributed by atoms with Crippen LogP contribution in [0, 0.1) is 0 Å². The number of hydrogen-bond acceptors (Lipinski definition) is 3. The fourth-order valence-electron chi connectivity index (χ4n) is 2.56. The molecule has 0 N–H and O–H groups in total. The van der Waals surface area contributed by atoms with Crippen molar-refractivity contribution in [1.82, 2.24) is 4.90 Å². The second kappa shape index (κ2) is 6.68. The third kappa shape index (κ3) is 4.60. The molecule has 1 heterocycles. The Morgan fingerprint density at radius 1 is 1.26 bits per heavy atom. The predicted molar refractivity (Wildman–Crippen MR) is 79.8 cm³/mol. The predicted octanol–water partition coefficient (Wildman–Crippen LogP) is 2.98. The third-order valence-corrected chi connectivity index (χ3v) is 6.15. The molecule has 0 spiro atoms. The standard InChI is InChI=1S/C14H15ClF3NO3S/c15-11-4-2-1-3-10(11)12-5-6-19(7-8-23(12,21)22)13(20)9-14(16,17)18/h1-4,12H,5-9H2/t12-/m1/s1. The Kier molecular flexibility index (Phi) is 5.25. The minimum Gasteiger partial charge on any atom is -0.341 e. The molecule has 0 unspecified atom stereocenters. The van der Waals surface area contributed by atoms with Crippen LogP contribution in [-0.2, 0) is 14.6 Å². The fraction of sp³-hybridized carbons (Fsp3) is 0.500. The SMILES string of the molecule is O=C(CC(F)(F)F)N1CC[C@H](c2ccccc2Cl)S(=O)(=O)CC1. The van der Waals surface area contributed by atoms with Crippen molar-refractivity contribution in [1.29, 1.82) is 0 Å². The van der Waals surface area contributed by atoms with Gasteiger partial charge in [0.2, 0.25) is 5.91 Å². The van der Waals surface area contributed by atoms with Crippen LogP contribution in [0.25, 0.3) is 0 Å². The smallest absolute Gasteiger partial charge is 0.341 e. The second-order valence-electron chi connectivity index (χ2n) is 5.34. The second-order valence-corrected chi connectivity index (χ2v) is 8.05. The molecule has 2 rings (SSSR count). The van der Waals surface area contributed by atoms with Gasteiger partial charge in [-0.2, -0.15) is 13.2 Å². The molecule has 1 atom stereocenters. The molecule has 0 aliphatic carbocycles. The zero-order chi connectivity index (χ0) is 17.3. The Bertz CT molecular complexity index is 691. The molecule has 1 aliphatic rings. The number of amides is 1. The number of alkyl halides is 3. The van der Waals surface area contributed by atoms with Crippen LogP contribution in [0.1, 0.15) is 23.7 Å². The van der Waals surface area contributed by atoms with E-state index in [-0.39, 0.29) is 30.3 Å². The number of nitrogens with zero attached hydrogens (tertiary/aromatic N) is 1. The van der Waals surface area contributed by atoms with Crippen molar-refractivity contribution in [3.63, 3.8) is 0 Å². The van der Waals surface area contributed by atoms with Gasteiger partial charge >= 0.3 is 6.18 Å². The van der Waals surface area contributed by atoms with E-state index in [1.54, 1.807) is 24.3 Å². The molecule has 0 saturated carbocycles. The van der Waals surface area contributed by atoms with Crippen LogP contribution in [-0.4, -0.2) is 44.2 Å². The van der Waals surface area contributed by atoms with E-state index in [4.69, 9.17) is 11.6 Å². The average Bonchev–Trinajstić information content (AvgIpc) is 2.56. The third-order valence-electron chi connectivity index (χ3n) is 3.70. The zero-order valence-corrected chi connectivity index (χ0v) is 13.6. The van der Waals surface area contributed by atoms with Gasteiger partial charge in [-0.25, -0.2) is 8.42 Å². The van der Waals surface area contributed by atoms with E-state index in [0.717, 1.165) is 4.90 Å². The van der Waals surface area contributed by atoms with Crippen LogP contribution < -0.4 is 0 Å². The molecule has 1 aliphatic heterocycles. The van der Waals surface area contributed by atoms with Crippen molar-refractivity contribution >= 4 is 27.3 Å². The Morgan fingerprint density at radius 3 is 2.52 bits per heavy atom. The van der Waals surface area contributed by atoms with Crippen LogP contribution in [0.2, 0.25) is 5.02 Å². The van der Waals surface area contributed by atoms with E-state index in [2.05, 4.69) is 0 Å². The van der Waals surface area contributed by atoms with Crippen molar-refractivity contribution in [2.75, 3.05) is 18.8 Å². The lowest BCUT2D eigenvalue weighted by molar-refractivity contribution is -0.161. The monoisotopic (exact) mass is 369 g/mol. The Balaban J connectivity index is 2.20. The maximum absolute atomic E-state index is 12.4. The summed E-state index contributed by atoms with van der Waals surface area (Å²) in [5, 5.41) is -0.629. The van der Waals surface area contributed by atoms with Gasteiger partial charge < -0.3 is 4.90 Å². The number of rotatable bonds is 2. The van der Waals surface area contributed by atoms with Crippen molar-refractivity contribution < 1.29 is 26.4 Å². The maximum atomic E-state index is 12.4. The van der Waals surface area contributed by atoms with Gasteiger partial charge in [-0.3, -0.25) is 4.79 Å². The normalized spacial score (nSPS) is 21.7. The van der Waals surface area contributed by atoms with Crippen molar-refractivity contribution in [2.45, 2.75) is 24.3 Å². The molecular formula is C14H15ClF3NO3S. The summed E-state index contributed by atoms with van der Waals surface area (Å²) in [6, 6.07) is 6.45. The summed E-state index contributed by atoms with van der Waals surface area (Å²) in [4.78, 5) is 12.6. The molecule has 1 aromatic carbocycles. The summed E-state index contributed by atoms with van der Waals surface area (Å²) in [5.74, 6) is -1.49. The van der Waals surface area contributed by atoms with Gasteiger partial charge in [0.15, 0.2) is 9.84 Å². The molecule has 4 nitrogen and oxygen atoms in total. The topological polar surface area (TPSA) is 54.5 Å². The molecule has 0 bridgehead atoms. The first-order chi connectivity index (χ1) is 10.6. The van der Waals surface area contributed by atoms with Crippen LogP contribution in [0.4, 0.5) is 13.2 Å². The molecule has 1 saturated heterocycles. The van der Waals surface area contributed by atoms with Crippen LogP contribution in [0.15, 0.2) is 24.3 Å². The lowest BCUT2D eigenvalue weighted by Crippen LogP contribution is -2.36. The number of halogens is 4. The van der Waals surface area contributed by atoms with E-state index >= 15 is 0 Å². The minimum atomic E-state index is -4.61. The van der Waals surface area contributed by atoms with Crippen LogP contribution in [0.5, 0.6) is 0 Å². The van der Waals surface area contributed by atoms with Crippen LogP contribution >= 0.6 is 11.6 Å². The number of sulfone groups is 1. The van der Waals surface area contributed by atoms with Gasteiger partial charge in [-0.15, -0.1) is 0 Å². The first kappa shape index (κ1) is 18.1. The Hall–Kier alpha value is -1.28. The van der Waals surface area contributed by atoms with Gasteiger partial charge in [0.05, 0.1) is 11.0 Å². The molecule has 128 valence electrons. The molecule has 0 radical (unpaired) electrons. The number of carbonyl (C=O) groups is 1. The number of hydrogen-bond donors (Lipinski definition) is 0. The molecule has 1 aromatic rings. The Morgan fingerprint density at radius 2 is 1.91 bits per heavy atom. The fourth-order valence-corrected chi connectivity index (χ4v) is 4.71. The molecule has 0 aromatic heterocycles. The summed E-state index contributed by atoms with van der Waals surface area (Å²) < 4.78 is 61.8. The summed E-state index contributed by atoms with van der Waals surface area (Å²) in [6.45, 7) is -0.289. The van der Waals surface area contributed by atoms with Crippen LogP contribution in [0.3, 0.4) is 0 Å². The minimum absolute atomic E-state index is 0.0235. The highest BCUT2D eigenvalue weighted by Gasteiger charge is 2.37. The lowest BCUT2D eigenvalue weighted by Gasteiger charge is -2.20. The highest BCUT2D eigenvalue weighted by Crippen LogP contribution is 2.34. The maximum Gasteiger partial charge on any atom is 0.397 e. The summed E-state index contributed by atoms with van der Waals surface area (Å²) >= 11 is 6.03. The lowest BCUT2D eigenvalue weighted by atomic mass is 10.1. The number of benzene rings is 1. The quantitative estimate of drug-likeness (QED) is 0.805. The highest BCUT2D eigenvalue weighted by atomic mass is 35.5. The van der Waals surface area contributed by atoms with Crippen molar-refractivity contribution in [3.05, 3.63) is 34.9 Å². The first-order valence-corrected chi connectivity index (χ1v) is 9.00. The summed E-state index contributed by atoms with van der Waals surface area (Å²) in [6.07, 6.45) is -6.16. The highest BCUT2D eigenvalue weighted by molar-refractivity contribution is 7.91. The van der Waals surface area contributed by atoms with Crippen molar-refractivity contribution in [3.8, 4) is 0 Å². The average molecular weight is 370 g/mol. The molecule has 1 amide bonds. The zero-order valence-electron chi connectivity index (χ0n) is 12.0. The van der Waals surface area contributed by atoms with E-state index < -0.39 is 33.6 Å². The van der Waals surface area contributed by atoms with Gasteiger partial charge in [-0.05, 0) is 18.1 Å². The largest absolute Gasteiger partial charge is 0.397 e. The summed E-state index contributed by atoms with van der Waals surface area (Å²) in [5.41, 5.74) is 0.416. The summed E-state index contributed by atoms with van der Waals surface area (Å²) in [7, 11) is -3.61. The van der Waals surface area contributed by atoms with E-state index in [1.165, 1.54) is 0 Å². The van der Waals surface area contributed by atoms with E-state index in [9.17, 15) is 26.4 Å². The van der Waals surface area contributed by atoms with Gasteiger partial charge in [0.25, 0.3) is 0 Å². The number of carbonyl (C=O) groups excluding carboxylic acids is 1. The van der Waals surface area contributed by atoms with E-state index in [1.807, 2.05) is 0 Å². The molecular weight excluding hydrogens is 355 g/mol. The Labute approximate surface area is 137 Å². The van der Waals surface area contributed by atoms with Gasteiger partial charge in [0.1, 0.15) is 6.42 Å². The van der Waals surface area contributed by atoms with Gasteiger partial charge in [-0.1, -0.05) is 29.8 Å². The van der Waals surface area contributed by atoms with Crippen molar-refractivity contribution in [2.24, 2.45) is 0 Å². The molecule has 23 heavy (non-hydrogen) atoms. The molecule has 1 fully saturated rings. The molecule has 9 heteroatoms.